The van der Waals surface area contributed by atoms with Crippen LogP contribution in [-0.4, -0.2) is 37.7 Å². The Morgan fingerprint density at radius 1 is 0.848 bits per heavy atom. The van der Waals surface area contributed by atoms with Crippen molar-refractivity contribution in [3.05, 3.63) is 84.7 Å². The molecule has 0 aromatic heterocycles. The highest BCUT2D eigenvalue weighted by Gasteiger charge is 2.42. The molecule has 0 fully saturated rings. The lowest BCUT2D eigenvalue weighted by molar-refractivity contribution is -0.134. The zero-order chi connectivity index (χ0) is 35.2. The predicted molar refractivity (Wildman–Crippen MR) is 186 cm³/mol. The summed E-state index contributed by atoms with van der Waals surface area (Å²) in [6, 6.07) is 11.3. The van der Waals surface area contributed by atoms with Gasteiger partial charge in [-0.25, -0.2) is 0 Å². The van der Waals surface area contributed by atoms with Gasteiger partial charge in [0.2, 0.25) is 11.6 Å². The second-order valence-electron chi connectivity index (χ2n) is 10.2. The zero-order valence-corrected chi connectivity index (χ0v) is 28.8. The molecule has 0 radical (unpaired) electrons. The van der Waals surface area contributed by atoms with Gasteiger partial charge in [-0.15, -0.1) is 0 Å². The highest BCUT2D eigenvalue weighted by atomic mass is 19.3. The molecule has 4 N–H and O–H groups in total. The lowest BCUT2D eigenvalue weighted by Crippen LogP contribution is -2.48. The van der Waals surface area contributed by atoms with E-state index in [9.17, 15) is 28.0 Å². The Kier molecular flexibility index (Phi) is 16.5. The van der Waals surface area contributed by atoms with Crippen LogP contribution in [0.25, 0.3) is 0 Å². The van der Waals surface area contributed by atoms with E-state index in [4.69, 9.17) is 11.5 Å². The van der Waals surface area contributed by atoms with Crippen LogP contribution < -0.4 is 32.1 Å². The number of fused-ring (bicyclic) bond motifs is 2. The van der Waals surface area contributed by atoms with Crippen LogP contribution in [-0.2, 0) is 41.3 Å². The largest absolute Gasteiger partial charge is 0.394 e. The SMILES string of the molecule is CC.CC.CC.CCc1ccc2c(c1)CN(c1c(N)c(=O)c1=O)CC2(F)F.CCc1ccc2c(c1)N(CC(=O)C(=O)CN)CCC2. The van der Waals surface area contributed by atoms with Crippen LogP contribution in [0, 0.1) is 0 Å². The highest BCUT2D eigenvalue weighted by molar-refractivity contribution is 6.39. The third-order valence-corrected chi connectivity index (χ3v) is 7.56. The van der Waals surface area contributed by atoms with E-state index in [0.29, 0.717) is 5.56 Å². The number of ketones is 2. The summed E-state index contributed by atoms with van der Waals surface area (Å²) < 4.78 is 28.5. The standard InChI is InChI=1S/C15H14F2N2O2.C15H20N2O2.3C2H6/c1-2-8-3-4-10-9(5-8)6-19(7-15(10,16)17)12-11(18)13(20)14(12)21;1-2-11-5-6-12-4-3-7-17(13(12)8-11)10-15(19)14(18)9-16;3*1-2/h3-5H,2,6-7,18H2,1H3;5-6,8H,2-4,7,9-10,16H2,1H3;3*1-2H3. The van der Waals surface area contributed by atoms with Crippen molar-refractivity contribution in [2.45, 2.75) is 93.5 Å². The van der Waals surface area contributed by atoms with E-state index < -0.39 is 34.9 Å². The molecule has 0 spiro atoms. The van der Waals surface area contributed by atoms with Crippen LogP contribution in [0.1, 0.15) is 89.6 Å². The van der Waals surface area contributed by atoms with Gasteiger partial charge in [-0.05, 0) is 54.0 Å². The van der Waals surface area contributed by atoms with Gasteiger partial charge in [0.05, 0.1) is 19.6 Å². The second-order valence-corrected chi connectivity index (χ2v) is 10.2. The van der Waals surface area contributed by atoms with E-state index in [0.717, 1.165) is 43.5 Å². The number of nitrogen functional groups attached to an aromatic ring is 1. The zero-order valence-electron chi connectivity index (χ0n) is 28.8. The van der Waals surface area contributed by atoms with Crippen molar-refractivity contribution in [3.63, 3.8) is 0 Å². The molecule has 2 aliphatic heterocycles. The van der Waals surface area contributed by atoms with Crippen molar-refractivity contribution in [2.75, 3.05) is 41.7 Å². The number of nitrogens with two attached hydrogens (primary N) is 2. The van der Waals surface area contributed by atoms with Crippen LogP contribution in [0.3, 0.4) is 0 Å². The molecule has 10 heteroatoms. The summed E-state index contributed by atoms with van der Waals surface area (Å²) in [6.07, 6.45) is 3.76. The number of alkyl halides is 2. The number of anilines is 3. The van der Waals surface area contributed by atoms with Crippen molar-refractivity contribution in [1.82, 2.24) is 0 Å². The topological polar surface area (TPSA) is 127 Å². The summed E-state index contributed by atoms with van der Waals surface area (Å²) in [4.78, 5) is 49.0. The summed E-state index contributed by atoms with van der Waals surface area (Å²) in [7, 11) is 0. The fraction of sp³-hybridized carbons (Fsp3) is 0.500. The Labute approximate surface area is 272 Å². The van der Waals surface area contributed by atoms with E-state index >= 15 is 0 Å². The molecule has 8 nitrogen and oxygen atoms in total. The Hall–Kier alpha value is -3.92. The lowest BCUT2D eigenvalue weighted by Gasteiger charge is -2.36. The first-order valence-corrected chi connectivity index (χ1v) is 16.5. The van der Waals surface area contributed by atoms with E-state index in [1.54, 1.807) is 12.1 Å². The molecule has 0 bridgehead atoms. The van der Waals surface area contributed by atoms with Gasteiger partial charge in [-0.3, -0.25) is 19.2 Å². The summed E-state index contributed by atoms with van der Waals surface area (Å²) >= 11 is 0. The van der Waals surface area contributed by atoms with Crippen molar-refractivity contribution in [2.24, 2.45) is 5.73 Å². The maximum atomic E-state index is 14.3. The molecular weight excluding hydrogens is 590 g/mol. The number of hydrogen-bond acceptors (Lipinski definition) is 8. The molecule has 5 rings (SSSR count). The first-order valence-electron chi connectivity index (χ1n) is 16.5. The molecule has 3 aromatic rings. The average Bonchev–Trinajstić information content (AvgIpc) is 3.10. The molecule has 0 amide bonds. The normalized spacial score (nSPS) is 14.0. The highest BCUT2D eigenvalue weighted by Crippen LogP contribution is 2.39. The summed E-state index contributed by atoms with van der Waals surface area (Å²) in [5.74, 6) is -3.96. The maximum absolute atomic E-state index is 14.3. The minimum atomic E-state index is -3.08. The molecule has 2 aliphatic rings. The predicted octanol–water partition coefficient (Wildman–Crippen LogP) is 5.72. The Bertz CT molecular complexity index is 1510. The molecule has 254 valence electrons. The monoisotopic (exact) mass is 642 g/mol. The van der Waals surface area contributed by atoms with Crippen molar-refractivity contribution in [3.8, 4) is 0 Å². The minimum absolute atomic E-state index is 0.0202. The van der Waals surface area contributed by atoms with Gasteiger partial charge in [0, 0.05) is 24.3 Å². The number of Topliss-reactive ketones (excluding diaryl/α,β-unsaturated/α-hetero) is 2. The molecule has 0 unspecified atom stereocenters. The van der Waals surface area contributed by atoms with Gasteiger partial charge in [0.15, 0.2) is 0 Å². The number of aryl methyl sites for hydroxylation is 3. The number of nitrogens with zero attached hydrogens (tertiary/aromatic N) is 2. The lowest BCUT2D eigenvalue weighted by atomic mass is 9.93. The number of benzene rings is 2. The van der Waals surface area contributed by atoms with Crippen molar-refractivity contribution >= 4 is 28.6 Å². The summed E-state index contributed by atoms with van der Waals surface area (Å²) in [5, 5.41) is 0. The summed E-state index contributed by atoms with van der Waals surface area (Å²) in [6.45, 7) is 16.3. The molecular formula is C36H52F2N4O4. The Balaban J connectivity index is 0.000000398. The number of halogens is 2. The molecule has 3 aromatic carbocycles. The van der Waals surface area contributed by atoms with Gasteiger partial charge in [-0.1, -0.05) is 85.7 Å². The number of hydrogen-bond donors (Lipinski definition) is 2. The summed E-state index contributed by atoms with van der Waals surface area (Å²) in [5.41, 5.74) is 13.9. The van der Waals surface area contributed by atoms with E-state index in [1.807, 2.05) is 53.4 Å². The molecule has 0 saturated carbocycles. The number of carbonyl (C=O) groups is 2. The van der Waals surface area contributed by atoms with Crippen LogP contribution in [0.5, 0.6) is 0 Å². The van der Waals surface area contributed by atoms with Gasteiger partial charge in [0.25, 0.3) is 16.8 Å². The van der Waals surface area contributed by atoms with Gasteiger partial charge in [0.1, 0.15) is 11.4 Å². The van der Waals surface area contributed by atoms with Crippen LogP contribution in [0.4, 0.5) is 25.8 Å². The van der Waals surface area contributed by atoms with Crippen LogP contribution >= 0.6 is 0 Å². The molecule has 0 aliphatic carbocycles. The minimum Gasteiger partial charge on any atom is -0.394 e. The van der Waals surface area contributed by atoms with Crippen molar-refractivity contribution < 1.29 is 18.4 Å². The quantitative estimate of drug-likeness (QED) is 0.314. The van der Waals surface area contributed by atoms with E-state index in [1.165, 1.54) is 22.1 Å². The first-order chi connectivity index (χ1) is 22.0. The first kappa shape index (κ1) is 40.1. The van der Waals surface area contributed by atoms with Crippen molar-refractivity contribution in [1.29, 1.82) is 0 Å². The van der Waals surface area contributed by atoms with Crippen LogP contribution in [0.15, 0.2) is 46.0 Å². The Morgan fingerprint density at radius 3 is 2.00 bits per heavy atom. The smallest absolute Gasteiger partial charge is 0.290 e. The third-order valence-electron chi connectivity index (χ3n) is 7.56. The Morgan fingerprint density at radius 2 is 1.43 bits per heavy atom. The molecule has 2 heterocycles. The van der Waals surface area contributed by atoms with Gasteiger partial charge < -0.3 is 21.3 Å². The van der Waals surface area contributed by atoms with Gasteiger partial charge >= 0.3 is 0 Å². The fourth-order valence-electron chi connectivity index (χ4n) is 5.27. The van der Waals surface area contributed by atoms with Crippen LogP contribution in [0.2, 0.25) is 0 Å². The van der Waals surface area contributed by atoms with Gasteiger partial charge in [-0.2, -0.15) is 8.78 Å². The second kappa shape index (κ2) is 18.9. The molecule has 46 heavy (non-hydrogen) atoms. The third kappa shape index (κ3) is 9.31. The maximum Gasteiger partial charge on any atom is 0.290 e. The van der Waals surface area contributed by atoms with E-state index in [-0.39, 0.29) is 36.6 Å². The number of rotatable bonds is 7. The molecule has 0 atom stereocenters. The average molecular weight is 643 g/mol. The number of carbonyl (C=O) groups excluding carboxylic acids is 2. The van der Waals surface area contributed by atoms with E-state index in [2.05, 4.69) is 25.1 Å². The fourth-order valence-corrected chi connectivity index (χ4v) is 5.27. The molecule has 0 saturated heterocycles.